The minimum Gasteiger partial charge on any atom is -0.469 e. The standard InChI is InChI=1S/C55H77NO7/c1-8-22-55(61)25-21-44-40-15-12-35-28-38(57)31-42(50(35)41(40)20-24-53(44,55)4)34-10-13-37(14-11-34)56(6)26-27-63-39-19-23-52(3)36(29-39)30-47(58)51-45-17-16-43(33(2)9-18-49(60)62-7)54(45,5)48(59)32-46(51)52/h10-11,13-14,28,33,36,39-40,42-48,51,58-59,61H,9,12,15-21,23-27,29-32H2,1-7H3/t33-,36+,39+,40?,42?,43-,44?,45+,46+,47-,48+,51+,52+,53+,54-,55+/m1/s1. The van der Waals surface area contributed by atoms with Crippen LogP contribution >= 0.6 is 0 Å². The summed E-state index contributed by atoms with van der Waals surface area (Å²) in [7, 11) is 3.59. The number of carbonyl (C=O) groups excluding carboxylic acids is 2. The zero-order valence-corrected chi connectivity index (χ0v) is 39.5. The number of aliphatic hydroxyl groups is 3. The van der Waals surface area contributed by atoms with Crippen LogP contribution in [0.25, 0.3) is 0 Å². The summed E-state index contributed by atoms with van der Waals surface area (Å²) in [5.41, 5.74) is 5.31. The van der Waals surface area contributed by atoms with Gasteiger partial charge < -0.3 is 29.7 Å². The quantitative estimate of drug-likeness (QED) is 0.158. The second-order valence-corrected chi connectivity index (χ2v) is 22.7. The first-order valence-electron chi connectivity index (χ1n) is 25.0. The Morgan fingerprint density at radius 2 is 1.73 bits per heavy atom. The van der Waals surface area contributed by atoms with Gasteiger partial charge in [-0.25, -0.2) is 0 Å². The fourth-order valence-corrected chi connectivity index (χ4v) is 16.7. The van der Waals surface area contributed by atoms with E-state index < -0.39 is 11.7 Å². The summed E-state index contributed by atoms with van der Waals surface area (Å²) < 4.78 is 11.6. The molecule has 3 unspecified atom stereocenters. The Kier molecular flexibility index (Phi) is 12.2. The number of aliphatic hydroxyl groups excluding tert-OH is 2. The van der Waals surface area contributed by atoms with Crippen LogP contribution in [-0.4, -0.2) is 78.3 Å². The van der Waals surface area contributed by atoms with Crippen molar-refractivity contribution in [2.45, 2.75) is 167 Å². The molecule has 0 bridgehead atoms. The molecule has 0 saturated heterocycles. The average molecular weight is 864 g/mol. The van der Waals surface area contributed by atoms with E-state index in [0.29, 0.717) is 60.9 Å². The molecule has 0 aliphatic heterocycles. The van der Waals surface area contributed by atoms with Crippen LogP contribution in [0, 0.1) is 75.4 Å². The molecule has 0 aromatic heterocycles. The van der Waals surface area contributed by atoms with Gasteiger partial charge in [0, 0.05) is 43.5 Å². The lowest BCUT2D eigenvalue weighted by molar-refractivity contribution is -0.209. The lowest BCUT2D eigenvalue weighted by atomic mass is 9.43. The largest absolute Gasteiger partial charge is 0.469 e. The van der Waals surface area contributed by atoms with Crippen molar-refractivity contribution in [1.82, 2.24) is 0 Å². The highest BCUT2D eigenvalue weighted by Gasteiger charge is 2.66. The molecule has 1 aromatic rings. The lowest BCUT2D eigenvalue weighted by Gasteiger charge is -2.63. The highest BCUT2D eigenvalue weighted by molar-refractivity contribution is 5.94. The Balaban J connectivity index is 0.813. The molecule has 8 aliphatic carbocycles. The van der Waals surface area contributed by atoms with Crippen LogP contribution in [0.3, 0.4) is 0 Å². The number of esters is 1. The number of carbonyl (C=O) groups is 2. The van der Waals surface area contributed by atoms with Crippen molar-refractivity contribution in [1.29, 1.82) is 0 Å². The fraction of sp³-hybridized carbons (Fsp3) is 0.745. The number of benzene rings is 1. The predicted octanol–water partition coefficient (Wildman–Crippen LogP) is 9.35. The number of hydrogen-bond acceptors (Lipinski definition) is 8. The van der Waals surface area contributed by atoms with Gasteiger partial charge in [0.2, 0.25) is 0 Å². The van der Waals surface area contributed by atoms with E-state index >= 15 is 0 Å². The van der Waals surface area contributed by atoms with Gasteiger partial charge in [0.15, 0.2) is 5.78 Å². The number of nitrogens with zero attached hydrogens (tertiary/aromatic N) is 1. The van der Waals surface area contributed by atoms with Crippen LogP contribution in [0.1, 0.15) is 149 Å². The molecule has 6 saturated carbocycles. The van der Waals surface area contributed by atoms with Crippen molar-refractivity contribution >= 4 is 17.4 Å². The van der Waals surface area contributed by atoms with E-state index in [1.165, 1.54) is 23.8 Å². The highest BCUT2D eigenvalue weighted by atomic mass is 16.5. The molecule has 16 atom stereocenters. The lowest BCUT2D eigenvalue weighted by Crippen LogP contribution is -2.62. The summed E-state index contributed by atoms with van der Waals surface area (Å²) in [6.07, 6.45) is 15.4. The summed E-state index contributed by atoms with van der Waals surface area (Å²) >= 11 is 0. The number of rotatable bonds is 10. The molecular weight excluding hydrogens is 787 g/mol. The van der Waals surface area contributed by atoms with Gasteiger partial charge in [0.25, 0.3) is 0 Å². The summed E-state index contributed by atoms with van der Waals surface area (Å²) in [6.45, 7) is 12.5. The number of methoxy groups -OCH3 is 1. The van der Waals surface area contributed by atoms with E-state index in [0.717, 1.165) is 102 Å². The third-order valence-electron chi connectivity index (χ3n) is 20.3. The van der Waals surface area contributed by atoms with Crippen LogP contribution in [0.2, 0.25) is 0 Å². The van der Waals surface area contributed by atoms with Gasteiger partial charge in [-0.15, -0.1) is 5.92 Å². The fourth-order valence-electron chi connectivity index (χ4n) is 16.7. The summed E-state index contributed by atoms with van der Waals surface area (Å²) in [6, 6.07) is 8.92. The number of ketones is 1. The molecule has 344 valence electrons. The van der Waals surface area contributed by atoms with Crippen LogP contribution < -0.4 is 4.90 Å². The Labute approximate surface area is 378 Å². The van der Waals surface area contributed by atoms with Crippen molar-refractivity contribution in [3.63, 3.8) is 0 Å². The molecular formula is C55H77NO7. The Morgan fingerprint density at radius 1 is 0.952 bits per heavy atom. The van der Waals surface area contributed by atoms with Crippen LogP contribution in [0.5, 0.6) is 0 Å². The maximum absolute atomic E-state index is 13.2. The minimum atomic E-state index is -0.909. The first-order valence-corrected chi connectivity index (χ1v) is 25.0. The van der Waals surface area contributed by atoms with Gasteiger partial charge in [-0.3, -0.25) is 9.59 Å². The van der Waals surface area contributed by atoms with Crippen LogP contribution in [0.4, 0.5) is 5.69 Å². The normalized spacial score (nSPS) is 43.2. The average Bonchev–Trinajstić information content (AvgIpc) is 3.76. The number of likely N-dealkylation sites (N-methyl/N-ethyl adjacent to an activating group) is 1. The predicted molar refractivity (Wildman–Crippen MR) is 247 cm³/mol. The molecule has 3 N–H and O–H groups in total. The Morgan fingerprint density at radius 3 is 2.48 bits per heavy atom. The molecule has 8 heteroatoms. The van der Waals surface area contributed by atoms with Gasteiger partial charge in [-0.2, -0.15) is 0 Å². The number of anilines is 1. The minimum absolute atomic E-state index is 0.0769. The van der Waals surface area contributed by atoms with Gasteiger partial charge in [0.05, 0.1) is 32.0 Å². The molecule has 63 heavy (non-hydrogen) atoms. The van der Waals surface area contributed by atoms with Crippen LogP contribution in [-0.2, 0) is 19.1 Å². The maximum Gasteiger partial charge on any atom is 0.305 e. The molecule has 9 rings (SSSR count). The van der Waals surface area contributed by atoms with E-state index in [-0.39, 0.29) is 52.0 Å². The molecule has 0 heterocycles. The van der Waals surface area contributed by atoms with E-state index in [2.05, 4.69) is 75.7 Å². The summed E-state index contributed by atoms with van der Waals surface area (Å²) in [4.78, 5) is 27.4. The molecule has 0 radical (unpaired) electrons. The molecule has 8 aliphatic rings. The zero-order valence-electron chi connectivity index (χ0n) is 39.5. The van der Waals surface area contributed by atoms with Crippen molar-refractivity contribution in [2.75, 3.05) is 32.2 Å². The highest BCUT2D eigenvalue weighted by Crippen LogP contribution is 2.69. The third-order valence-corrected chi connectivity index (χ3v) is 20.3. The van der Waals surface area contributed by atoms with Gasteiger partial charge in [-0.1, -0.05) is 51.3 Å². The first-order chi connectivity index (χ1) is 30.1. The van der Waals surface area contributed by atoms with Gasteiger partial charge in [0.1, 0.15) is 5.60 Å². The van der Waals surface area contributed by atoms with Crippen molar-refractivity contribution in [3.05, 3.63) is 52.6 Å². The second kappa shape index (κ2) is 17.0. The monoisotopic (exact) mass is 864 g/mol. The number of allylic oxidation sites excluding steroid dienone is 4. The van der Waals surface area contributed by atoms with Crippen molar-refractivity contribution < 1.29 is 34.4 Å². The van der Waals surface area contributed by atoms with E-state index in [1.807, 2.05) is 13.0 Å². The van der Waals surface area contributed by atoms with Crippen molar-refractivity contribution in [3.8, 4) is 11.8 Å². The molecule has 6 fully saturated rings. The van der Waals surface area contributed by atoms with Gasteiger partial charge >= 0.3 is 5.97 Å². The van der Waals surface area contributed by atoms with E-state index in [4.69, 9.17) is 9.47 Å². The van der Waals surface area contributed by atoms with Crippen LogP contribution in [0.15, 0.2) is 47.1 Å². The van der Waals surface area contributed by atoms with E-state index in [9.17, 15) is 24.9 Å². The Hall–Kier alpha value is -2.96. The molecule has 0 spiro atoms. The number of hydrogen-bond donors (Lipinski definition) is 3. The SMILES string of the molecule is CC#C[C@]1(O)CCC2C3CCC4=CC(=O)CC(c5ccc(N(C)CCO[C@H]6CC[C@@]7(C)[C@@H](C6)C[C@@H](O)[C@@H]6[C@@H]7C[C@H](O)[C@]7(C)[C@@H]([C@H](C)CCC(=O)OC)CC[C@@H]67)cc5)C4=C3CC[C@@]21C. The Bertz CT molecular complexity index is 2050. The van der Waals surface area contributed by atoms with Gasteiger partial charge in [-0.05, 0) is 190 Å². The zero-order chi connectivity index (χ0) is 44.6. The summed E-state index contributed by atoms with van der Waals surface area (Å²) in [5, 5.41) is 35.7. The third kappa shape index (κ3) is 7.41. The van der Waals surface area contributed by atoms with Crippen molar-refractivity contribution in [2.24, 2.45) is 63.6 Å². The first kappa shape index (κ1) is 45.2. The molecule has 1 aromatic carbocycles. The second-order valence-electron chi connectivity index (χ2n) is 22.7. The maximum atomic E-state index is 13.2. The smallest absolute Gasteiger partial charge is 0.305 e. The van der Waals surface area contributed by atoms with E-state index in [1.54, 1.807) is 5.57 Å². The summed E-state index contributed by atoms with van der Waals surface area (Å²) in [5.74, 6) is 9.12. The number of fused-ring (bicyclic) bond motifs is 9. The topological polar surface area (TPSA) is 117 Å². The molecule has 0 amide bonds. The molecule has 8 nitrogen and oxygen atoms in total. The number of ether oxygens (including phenoxy) is 2.